The van der Waals surface area contributed by atoms with Gasteiger partial charge in [0.25, 0.3) is 5.91 Å². The summed E-state index contributed by atoms with van der Waals surface area (Å²) in [5.74, 6) is 2.16. The van der Waals surface area contributed by atoms with Crippen LogP contribution in [0, 0.1) is 5.82 Å². The SMILES string of the molecule is COc1ccc(CCNC(=O)c2csc(CN(CCc3ccc(OC)c(OC)c3)Cc3ccccc3F)n2)cc1OC. The first-order chi connectivity index (χ1) is 20.4. The molecule has 42 heavy (non-hydrogen) atoms. The molecule has 222 valence electrons. The molecule has 0 atom stereocenters. The maximum Gasteiger partial charge on any atom is 0.270 e. The molecule has 0 bridgehead atoms. The highest BCUT2D eigenvalue weighted by Crippen LogP contribution is 2.29. The Morgan fingerprint density at radius 3 is 2.07 bits per heavy atom. The Hall–Kier alpha value is -4.15. The van der Waals surface area contributed by atoms with E-state index in [2.05, 4.69) is 15.2 Å². The van der Waals surface area contributed by atoms with Crippen molar-refractivity contribution < 1.29 is 28.1 Å². The summed E-state index contributed by atoms with van der Waals surface area (Å²) in [6.07, 6.45) is 1.35. The monoisotopic (exact) mass is 593 g/mol. The van der Waals surface area contributed by atoms with Crippen LogP contribution in [0.25, 0.3) is 0 Å². The molecule has 0 saturated carbocycles. The highest BCUT2D eigenvalue weighted by molar-refractivity contribution is 7.09. The number of nitrogens with one attached hydrogen (secondary N) is 1. The number of amides is 1. The van der Waals surface area contributed by atoms with Crippen LogP contribution in [0.4, 0.5) is 4.39 Å². The van der Waals surface area contributed by atoms with Crippen LogP contribution < -0.4 is 24.3 Å². The van der Waals surface area contributed by atoms with E-state index in [0.717, 1.165) is 16.1 Å². The molecule has 1 amide bonds. The number of hydrogen-bond donors (Lipinski definition) is 1. The molecular formula is C32H36FN3O5S. The molecule has 0 spiro atoms. The molecule has 0 aliphatic carbocycles. The van der Waals surface area contributed by atoms with Crippen molar-refractivity contribution in [3.63, 3.8) is 0 Å². The Morgan fingerprint density at radius 1 is 0.833 bits per heavy atom. The number of thiazole rings is 1. The third-order valence-electron chi connectivity index (χ3n) is 6.81. The van der Waals surface area contributed by atoms with E-state index in [-0.39, 0.29) is 11.7 Å². The second-order valence-corrected chi connectivity index (χ2v) is 10.5. The number of methoxy groups -OCH3 is 4. The fourth-order valence-electron chi connectivity index (χ4n) is 4.53. The molecule has 0 unspecified atom stereocenters. The van der Waals surface area contributed by atoms with Gasteiger partial charge in [-0.15, -0.1) is 11.3 Å². The first-order valence-corrected chi connectivity index (χ1v) is 14.4. The third kappa shape index (κ3) is 8.20. The average Bonchev–Trinajstić information content (AvgIpc) is 3.49. The normalized spacial score (nSPS) is 10.9. The van der Waals surface area contributed by atoms with Gasteiger partial charge in [0.1, 0.15) is 16.5 Å². The lowest BCUT2D eigenvalue weighted by atomic mass is 10.1. The number of carbonyl (C=O) groups is 1. The first kappa shape index (κ1) is 30.8. The zero-order valence-corrected chi connectivity index (χ0v) is 25.1. The quantitative estimate of drug-likeness (QED) is 0.194. The van der Waals surface area contributed by atoms with Crippen LogP contribution in [0.5, 0.6) is 23.0 Å². The number of nitrogens with zero attached hydrogens (tertiary/aromatic N) is 2. The predicted molar refractivity (Wildman–Crippen MR) is 161 cm³/mol. The second-order valence-electron chi connectivity index (χ2n) is 9.56. The van der Waals surface area contributed by atoms with E-state index in [1.807, 2.05) is 42.5 Å². The molecule has 0 aliphatic heterocycles. The number of hydrogen-bond acceptors (Lipinski definition) is 8. The van der Waals surface area contributed by atoms with Gasteiger partial charge in [0.2, 0.25) is 0 Å². The first-order valence-electron chi connectivity index (χ1n) is 13.5. The Morgan fingerprint density at radius 2 is 1.45 bits per heavy atom. The summed E-state index contributed by atoms with van der Waals surface area (Å²) in [6.45, 7) is 1.99. The zero-order chi connectivity index (χ0) is 29.9. The topological polar surface area (TPSA) is 82.2 Å². The van der Waals surface area contributed by atoms with Crippen LogP contribution in [0.1, 0.15) is 32.2 Å². The Labute approximate surface area is 250 Å². The van der Waals surface area contributed by atoms with E-state index in [9.17, 15) is 9.18 Å². The summed E-state index contributed by atoms with van der Waals surface area (Å²) < 4.78 is 36.0. The minimum absolute atomic E-state index is 0.232. The average molecular weight is 594 g/mol. The zero-order valence-electron chi connectivity index (χ0n) is 24.3. The van der Waals surface area contributed by atoms with Crippen LogP contribution in [0.2, 0.25) is 0 Å². The molecule has 0 aliphatic rings. The van der Waals surface area contributed by atoms with Gasteiger partial charge in [-0.25, -0.2) is 9.37 Å². The standard InChI is InChI=1S/C32H36FN3O5S/c1-38-27-11-9-22(17-29(27)40-3)13-15-34-32(37)26-21-42-31(35-26)20-36(19-24-7-5-6-8-25(24)33)16-14-23-10-12-28(39-2)30(18-23)41-4/h5-12,17-18,21H,13-16,19-20H2,1-4H3,(H,34,37). The van der Waals surface area contributed by atoms with Gasteiger partial charge in [-0.3, -0.25) is 9.69 Å². The molecule has 8 nitrogen and oxygen atoms in total. The Balaban J connectivity index is 1.39. The molecule has 0 radical (unpaired) electrons. The van der Waals surface area contributed by atoms with E-state index in [1.165, 1.54) is 17.4 Å². The van der Waals surface area contributed by atoms with Gasteiger partial charge in [0.05, 0.1) is 35.0 Å². The van der Waals surface area contributed by atoms with Gasteiger partial charge < -0.3 is 24.3 Å². The number of halogens is 1. The van der Waals surface area contributed by atoms with E-state index < -0.39 is 0 Å². The lowest BCUT2D eigenvalue weighted by Crippen LogP contribution is -2.27. The van der Waals surface area contributed by atoms with E-state index in [4.69, 9.17) is 18.9 Å². The number of carbonyl (C=O) groups excluding carboxylic acids is 1. The number of aromatic nitrogens is 1. The minimum atomic E-state index is -0.248. The largest absolute Gasteiger partial charge is 0.493 e. The lowest BCUT2D eigenvalue weighted by Gasteiger charge is -2.22. The number of ether oxygens (including phenoxy) is 4. The van der Waals surface area contributed by atoms with E-state index >= 15 is 0 Å². The maximum absolute atomic E-state index is 14.5. The molecule has 4 aromatic rings. The smallest absolute Gasteiger partial charge is 0.270 e. The van der Waals surface area contributed by atoms with Gasteiger partial charge in [-0.05, 0) is 54.3 Å². The second kappa shape index (κ2) is 15.2. The summed E-state index contributed by atoms with van der Waals surface area (Å²) in [4.78, 5) is 19.5. The van der Waals surface area contributed by atoms with Gasteiger partial charge in [0.15, 0.2) is 23.0 Å². The van der Waals surface area contributed by atoms with Crippen LogP contribution >= 0.6 is 11.3 Å². The predicted octanol–water partition coefficient (Wildman–Crippen LogP) is 5.53. The van der Waals surface area contributed by atoms with E-state index in [1.54, 1.807) is 46.0 Å². The van der Waals surface area contributed by atoms with Crippen LogP contribution in [-0.4, -0.2) is 57.3 Å². The summed E-state index contributed by atoms with van der Waals surface area (Å²) in [6, 6.07) is 18.3. The molecule has 4 rings (SSSR count). The molecule has 10 heteroatoms. The van der Waals surface area contributed by atoms with Crippen molar-refractivity contribution in [3.05, 3.63) is 99.3 Å². The van der Waals surface area contributed by atoms with Crippen LogP contribution in [-0.2, 0) is 25.9 Å². The third-order valence-corrected chi connectivity index (χ3v) is 7.64. The van der Waals surface area contributed by atoms with Crippen molar-refractivity contribution in [1.82, 2.24) is 15.2 Å². The van der Waals surface area contributed by atoms with Crippen LogP contribution in [0.15, 0.2) is 66.0 Å². The molecule has 0 fully saturated rings. The molecule has 0 saturated heterocycles. The highest BCUT2D eigenvalue weighted by atomic mass is 32.1. The van der Waals surface area contributed by atoms with Gasteiger partial charge >= 0.3 is 0 Å². The van der Waals surface area contributed by atoms with Crippen molar-refractivity contribution in [2.24, 2.45) is 0 Å². The van der Waals surface area contributed by atoms with Crippen molar-refractivity contribution in [3.8, 4) is 23.0 Å². The molecular weight excluding hydrogens is 557 g/mol. The molecule has 1 N–H and O–H groups in total. The molecule has 1 aromatic heterocycles. The number of rotatable bonds is 15. The fraction of sp³-hybridized carbons (Fsp3) is 0.312. The van der Waals surface area contributed by atoms with Crippen molar-refractivity contribution in [2.75, 3.05) is 41.5 Å². The Bertz CT molecular complexity index is 1480. The maximum atomic E-state index is 14.5. The van der Waals surface area contributed by atoms with Gasteiger partial charge in [-0.1, -0.05) is 30.3 Å². The van der Waals surface area contributed by atoms with Gasteiger partial charge in [-0.2, -0.15) is 0 Å². The summed E-state index contributed by atoms with van der Waals surface area (Å²) >= 11 is 1.42. The van der Waals surface area contributed by atoms with Crippen molar-refractivity contribution in [1.29, 1.82) is 0 Å². The van der Waals surface area contributed by atoms with Crippen molar-refractivity contribution >= 4 is 17.2 Å². The Kier molecular flexibility index (Phi) is 11.1. The molecule has 1 heterocycles. The minimum Gasteiger partial charge on any atom is -0.493 e. The molecule has 3 aromatic carbocycles. The highest BCUT2D eigenvalue weighted by Gasteiger charge is 2.16. The van der Waals surface area contributed by atoms with E-state index in [0.29, 0.717) is 73.3 Å². The summed E-state index contributed by atoms with van der Waals surface area (Å²) in [5, 5.41) is 5.48. The number of benzene rings is 3. The van der Waals surface area contributed by atoms with Gasteiger partial charge in [0, 0.05) is 30.6 Å². The van der Waals surface area contributed by atoms with Crippen molar-refractivity contribution in [2.45, 2.75) is 25.9 Å². The fourth-order valence-corrected chi connectivity index (χ4v) is 5.35. The summed E-state index contributed by atoms with van der Waals surface area (Å²) in [5.41, 5.74) is 3.06. The summed E-state index contributed by atoms with van der Waals surface area (Å²) in [7, 11) is 6.40. The lowest BCUT2D eigenvalue weighted by molar-refractivity contribution is 0.0949. The van der Waals surface area contributed by atoms with Crippen LogP contribution in [0.3, 0.4) is 0 Å².